The number of aromatic nitrogens is 2. The zero-order chi connectivity index (χ0) is 14.6. The van der Waals surface area contributed by atoms with E-state index in [1.807, 2.05) is 12.1 Å². The summed E-state index contributed by atoms with van der Waals surface area (Å²) in [6.07, 6.45) is 9.21. The molecule has 0 fully saturated rings. The molecule has 0 saturated carbocycles. The van der Waals surface area contributed by atoms with E-state index in [0.29, 0.717) is 24.8 Å². The number of hydrogen-bond donors (Lipinski definition) is 0. The van der Waals surface area contributed by atoms with Crippen LogP contribution in [-0.4, -0.2) is 23.4 Å². The van der Waals surface area contributed by atoms with Crippen molar-refractivity contribution in [1.82, 2.24) is 10.2 Å². The summed E-state index contributed by atoms with van der Waals surface area (Å²) in [4.78, 5) is 0. The Morgan fingerprint density at radius 1 is 1.00 bits per heavy atom. The van der Waals surface area contributed by atoms with Crippen molar-refractivity contribution in [3.8, 4) is 11.6 Å². The van der Waals surface area contributed by atoms with Crippen LogP contribution in [0.25, 0.3) is 6.08 Å². The van der Waals surface area contributed by atoms with Gasteiger partial charge in [0.25, 0.3) is 5.88 Å². The highest BCUT2D eigenvalue weighted by atomic mass is 16.5. The van der Waals surface area contributed by atoms with Gasteiger partial charge in [-0.05, 0) is 25.3 Å². The molecule has 4 heteroatoms. The standard InChI is InChI=1S/C16H26N2O2/c1-4-7-10-14-13-15(19-11-8-5-2)16(18-17-14)20-12-9-6-3/h7,10,13H,4-6,8-9,11-12H2,1-3H3/b10-7+. The lowest BCUT2D eigenvalue weighted by atomic mass is 10.3. The summed E-state index contributed by atoms with van der Waals surface area (Å²) in [5.41, 5.74) is 0.807. The van der Waals surface area contributed by atoms with E-state index >= 15 is 0 Å². The van der Waals surface area contributed by atoms with Crippen molar-refractivity contribution in [3.63, 3.8) is 0 Å². The maximum Gasteiger partial charge on any atom is 0.276 e. The molecule has 1 rings (SSSR count). The molecule has 1 heterocycles. The van der Waals surface area contributed by atoms with Gasteiger partial charge in [-0.1, -0.05) is 39.7 Å². The summed E-state index contributed by atoms with van der Waals surface area (Å²) >= 11 is 0. The highest BCUT2D eigenvalue weighted by Crippen LogP contribution is 2.25. The first-order chi connectivity index (χ1) is 9.81. The van der Waals surface area contributed by atoms with Crippen LogP contribution in [0.5, 0.6) is 11.6 Å². The fourth-order valence-electron chi connectivity index (χ4n) is 1.54. The molecule has 0 radical (unpaired) electrons. The number of ether oxygens (including phenoxy) is 2. The minimum atomic E-state index is 0.503. The van der Waals surface area contributed by atoms with Gasteiger partial charge in [0.05, 0.1) is 18.9 Å². The summed E-state index contributed by atoms with van der Waals surface area (Å²) in [6, 6.07) is 1.90. The van der Waals surface area contributed by atoms with E-state index in [9.17, 15) is 0 Å². The Kier molecular flexibility index (Phi) is 8.43. The Morgan fingerprint density at radius 3 is 2.35 bits per heavy atom. The van der Waals surface area contributed by atoms with Crippen molar-refractivity contribution < 1.29 is 9.47 Å². The van der Waals surface area contributed by atoms with E-state index in [2.05, 4.69) is 37.0 Å². The lowest BCUT2D eigenvalue weighted by Gasteiger charge is -2.11. The van der Waals surface area contributed by atoms with Crippen LogP contribution in [0.4, 0.5) is 0 Å². The van der Waals surface area contributed by atoms with Crippen LogP contribution in [0, 0.1) is 0 Å². The van der Waals surface area contributed by atoms with Gasteiger partial charge in [-0.2, -0.15) is 0 Å². The molecule has 0 aliphatic heterocycles. The van der Waals surface area contributed by atoms with Gasteiger partial charge in [-0.25, -0.2) is 0 Å². The van der Waals surface area contributed by atoms with Crippen molar-refractivity contribution in [3.05, 3.63) is 17.8 Å². The van der Waals surface area contributed by atoms with Crippen LogP contribution in [0.3, 0.4) is 0 Å². The van der Waals surface area contributed by atoms with Crippen molar-refractivity contribution in [2.75, 3.05) is 13.2 Å². The van der Waals surface area contributed by atoms with Gasteiger partial charge in [-0.3, -0.25) is 0 Å². The van der Waals surface area contributed by atoms with Crippen LogP contribution in [-0.2, 0) is 0 Å². The van der Waals surface area contributed by atoms with Gasteiger partial charge < -0.3 is 9.47 Å². The predicted molar refractivity (Wildman–Crippen MR) is 82.2 cm³/mol. The van der Waals surface area contributed by atoms with Crippen LogP contribution in [0.1, 0.15) is 58.6 Å². The van der Waals surface area contributed by atoms with Gasteiger partial charge in [-0.15, -0.1) is 10.2 Å². The monoisotopic (exact) mass is 278 g/mol. The molecule has 0 saturated heterocycles. The molecule has 4 nitrogen and oxygen atoms in total. The summed E-state index contributed by atoms with van der Waals surface area (Å²) in [5, 5.41) is 8.28. The minimum absolute atomic E-state index is 0.503. The Bertz CT molecular complexity index is 405. The third-order valence-electron chi connectivity index (χ3n) is 2.76. The van der Waals surface area contributed by atoms with E-state index in [-0.39, 0.29) is 0 Å². The molecule has 0 amide bonds. The van der Waals surface area contributed by atoms with E-state index in [1.54, 1.807) is 0 Å². The average molecular weight is 278 g/mol. The molecule has 0 bridgehead atoms. The van der Waals surface area contributed by atoms with Crippen molar-refractivity contribution >= 4 is 6.08 Å². The van der Waals surface area contributed by atoms with Gasteiger partial charge in [0.15, 0.2) is 5.75 Å². The zero-order valence-corrected chi connectivity index (χ0v) is 12.9. The number of rotatable bonds is 10. The van der Waals surface area contributed by atoms with E-state index in [1.165, 1.54) is 0 Å². The Balaban J connectivity index is 2.76. The van der Waals surface area contributed by atoms with E-state index in [4.69, 9.17) is 9.47 Å². The van der Waals surface area contributed by atoms with Crippen molar-refractivity contribution in [1.29, 1.82) is 0 Å². The number of nitrogens with zero attached hydrogens (tertiary/aromatic N) is 2. The van der Waals surface area contributed by atoms with Crippen LogP contribution >= 0.6 is 0 Å². The quantitative estimate of drug-likeness (QED) is 0.600. The molecular weight excluding hydrogens is 252 g/mol. The minimum Gasteiger partial charge on any atom is -0.488 e. The van der Waals surface area contributed by atoms with Gasteiger partial charge in [0.2, 0.25) is 0 Å². The Hall–Kier alpha value is -1.58. The molecular formula is C16H26N2O2. The lowest BCUT2D eigenvalue weighted by molar-refractivity contribution is 0.250. The largest absolute Gasteiger partial charge is 0.488 e. The predicted octanol–water partition coefficient (Wildman–Crippen LogP) is 4.26. The third kappa shape index (κ3) is 6.04. The molecule has 0 unspecified atom stereocenters. The highest BCUT2D eigenvalue weighted by molar-refractivity contribution is 5.48. The third-order valence-corrected chi connectivity index (χ3v) is 2.76. The summed E-state index contributed by atoms with van der Waals surface area (Å²) in [5.74, 6) is 1.20. The SMILES string of the molecule is CC/C=C/c1cc(OCCCC)c(OCCCC)nn1. The first kappa shape index (κ1) is 16.5. The summed E-state index contributed by atoms with van der Waals surface area (Å²) in [6.45, 7) is 7.70. The van der Waals surface area contributed by atoms with E-state index < -0.39 is 0 Å². The fourth-order valence-corrected chi connectivity index (χ4v) is 1.54. The highest BCUT2D eigenvalue weighted by Gasteiger charge is 2.09. The average Bonchev–Trinajstić information content (AvgIpc) is 2.47. The maximum absolute atomic E-state index is 5.77. The summed E-state index contributed by atoms with van der Waals surface area (Å²) < 4.78 is 11.4. The molecule has 0 spiro atoms. The number of unbranched alkanes of at least 4 members (excludes halogenated alkanes) is 2. The second-order valence-electron chi connectivity index (χ2n) is 4.65. The lowest BCUT2D eigenvalue weighted by Crippen LogP contribution is -2.05. The van der Waals surface area contributed by atoms with Crippen LogP contribution in [0.2, 0.25) is 0 Å². The molecule has 1 aromatic heterocycles. The molecule has 1 aromatic rings. The first-order valence-corrected chi connectivity index (χ1v) is 7.61. The fraction of sp³-hybridized carbons (Fsp3) is 0.625. The van der Waals surface area contributed by atoms with Gasteiger partial charge in [0.1, 0.15) is 0 Å². The molecule has 112 valence electrons. The van der Waals surface area contributed by atoms with Crippen LogP contribution in [0.15, 0.2) is 12.1 Å². The second-order valence-corrected chi connectivity index (χ2v) is 4.65. The molecule has 20 heavy (non-hydrogen) atoms. The Morgan fingerprint density at radius 2 is 1.70 bits per heavy atom. The zero-order valence-electron chi connectivity index (χ0n) is 12.9. The molecule has 0 aromatic carbocycles. The van der Waals surface area contributed by atoms with Crippen molar-refractivity contribution in [2.45, 2.75) is 52.9 Å². The second kappa shape index (κ2) is 10.2. The smallest absolute Gasteiger partial charge is 0.276 e. The number of allylic oxidation sites excluding steroid dienone is 1. The van der Waals surface area contributed by atoms with Gasteiger partial charge >= 0.3 is 0 Å². The topological polar surface area (TPSA) is 44.2 Å². The maximum atomic E-state index is 5.77. The van der Waals surface area contributed by atoms with Crippen molar-refractivity contribution in [2.24, 2.45) is 0 Å². The molecule has 0 N–H and O–H groups in total. The normalized spacial score (nSPS) is 10.9. The Labute approximate surface area is 122 Å². The van der Waals surface area contributed by atoms with E-state index in [0.717, 1.165) is 37.8 Å². The molecule has 0 aliphatic rings. The number of hydrogen-bond acceptors (Lipinski definition) is 4. The van der Waals surface area contributed by atoms with Gasteiger partial charge in [0, 0.05) is 6.07 Å². The summed E-state index contributed by atoms with van der Waals surface area (Å²) in [7, 11) is 0. The first-order valence-electron chi connectivity index (χ1n) is 7.61. The molecule has 0 aliphatic carbocycles. The van der Waals surface area contributed by atoms with Crippen LogP contribution < -0.4 is 9.47 Å². The molecule has 0 atom stereocenters.